The number of para-hydroxylation sites is 2. The van der Waals surface area contributed by atoms with Crippen molar-refractivity contribution in [1.29, 1.82) is 0 Å². The van der Waals surface area contributed by atoms with E-state index in [1.807, 2.05) is 13.0 Å². The van der Waals surface area contributed by atoms with Crippen LogP contribution in [0, 0.1) is 0 Å². The zero-order valence-corrected chi connectivity index (χ0v) is 12.5. The van der Waals surface area contributed by atoms with Gasteiger partial charge in [0, 0.05) is 6.20 Å². The van der Waals surface area contributed by atoms with Crippen molar-refractivity contribution in [3.05, 3.63) is 48.3 Å². The fraction of sp³-hybridized carbons (Fsp3) is 0.250. The Hall–Kier alpha value is -2.76. The predicted molar refractivity (Wildman–Crippen MR) is 81.9 cm³/mol. The molecule has 0 bridgehead atoms. The summed E-state index contributed by atoms with van der Waals surface area (Å²) in [5.41, 5.74) is 0.839. The van der Waals surface area contributed by atoms with Gasteiger partial charge in [-0.1, -0.05) is 12.1 Å². The first-order valence-corrected chi connectivity index (χ1v) is 6.99. The Morgan fingerprint density at radius 1 is 1.23 bits per heavy atom. The lowest BCUT2D eigenvalue weighted by atomic mass is 10.2. The van der Waals surface area contributed by atoms with E-state index >= 15 is 0 Å². The predicted octanol–water partition coefficient (Wildman–Crippen LogP) is 2.60. The van der Waals surface area contributed by atoms with Crippen molar-refractivity contribution >= 4 is 17.6 Å². The van der Waals surface area contributed by atoms with E-state index < -0.39 is 18.0 Å². The van der Waals surface area contributed by atoms with Gasteiger partial charge in [0.1, 0.15) is 11.4 Å². The molecule has 6 heteroatoms. The summed E-state index contributed by atoms with van der Waals surface area (Å²) >= 11 is 0. The summed E-state index contributed by atoms with van der Waals surface area (Å²) in [4.78, 5) is 26.6. The molecule has 1 aromatic heterocycles. The number of benzene rings is 1. The molecule has 1 heterocycles. The number of rotatable bonds is 6. The fourth-order valence-corrected chi connectivity index (χ4v) is 1.82. The Balaban J connectivity index is 1.98. The molecule has 2 aromatic rings. The normalized spacial score (nSPS) is 11.5. The number of esters is 1. The van der Waals surface area contributed by atoms with Crippen molar-refractivity contribution in [2.45, 2.75) is 20.0 Å². The van der Waals surface area contributed by atoms with E-state index in [9.17, 15) is 9.59 Å². The SMILES string of the molecule is CCOc1ccccc1NC(=O)[C@H](C)OC(=O)c1ccc[nH]1. The Morgan fingerprint density at radius 3 is 2.68 bits per heavy atom. The Labute approximate surface area is 128 Å². The number of nitrogens with one attached hydrogen (secondary N) is 2. The zero-order chi connectivity index (χ0) is 15.9. The topological polar surface area (TPSA) is 80.4 Å². The molecule has 0 aliphatic carbocycles. The van der Waals surface area contributed by atoms with Crippen LogP contribution in [0.25, 0.3) is 0 Å². The largest absolute Gasteiger partial charge is 0.492 e. The van der Waals surface area contributed by atoms with Gasteiger partial charge in [-0.2, -0.15) is 0 Å². The second-order valence-electron chi connectivity index (χ2n) is 4.55. The van der Waals surface area contributed by atoms with E-state index in [4.69, 9.17) is 9.47 Å². The third-order valence-corrected chi connectivity index (χ3v) is 2.92. The quantitative estimate of drug-likeness (QED) is 0.804. The third kappa shape index (κ3) is 3.88. The van der Waals surface area contributed by atoms with Gasteiger partial charge in [0.25, 0.3) is 5.91 Å². The Kier molecular flexibility index (Phi) is 5.19. The Morgan fingerprint density at radius 2 is 2.00 bits per heavy atom. The number of aromatic amines is 1. The number of amides is 1. The minimum atomic E-state index is -0.925. The van der Waals surface area contributed by atoms with Gasteiger partial charge in [0.2, 0.25) is 0 Å². The van der Waals surface area contributed by atoms with E-state index in [2.05, 4.69) is 10.3 Å². The van der Waals surface area contributed by atoms with Gasteiger partial charge in [-0.25, -0.2) is 4.79 Å². The highest BCUT2D eigenvalue weighted by molar-refractivity contribution is 5.97. The molecule has 0 unspecified atom stereocenters. The summed E-state index contributed by atoms with van der Waals surface area (Å²) in [5.74, 6) is -0.431. The maximum absolute atomic E-state index is 12.1. The van der Waals surface area contributed by atoms with Crippen molar-refractivity contribution in [2.75, 3.05) is 11.9 Å². The summed E-state index contributed by atoms with van der Waals surface area (Å²) in [6.45, 7) is 3.86. The fourth-order valence-electron chi connectivity index (χ4n) is 1.82. The minimum Gasteiger partial charge on any atom is -0.492 e. The lowest BCUT2D eigenvalue weighted by Gasteiger charge is -2.15. The number of aromatic nitrogens is 1. The zero-order valence-electron chi connectivity index (χ0n) is 12.5. The van der Waals surface area contributed by atoms with Crippen LogP contribution in [0.4, 0.5) is 5.69 Å². The van der Waals surface area contributed by atoms with Crippen molar-refractivity contribution in [3.63, 3.8) is 0 Å². The molecule has 0 saturated carbocycles. The van der Waals surface area contributed by atoms with E-state index in [1.54, 1.807) is 36.5 Å². The second kappa shape index (κ2) is 7.31. The standard InChI is InChI=1S/C16H18N2O4/c1-3-21-14-9-5-4-7-12(14)18-15(19)11(2)22-16(20)13-8-6-10-17-13/h4-11,17H,3H2,1-2H3,(H,18,19)/t11-/m0/s1. The van der Waals surface area contributed by atoms with Crippen LogP contribution in [-0.4, -0.2) is 29.6 Å². The summed E-state index contributed by atoms with van der Waals surface area (Å²) in [6, 6.07) is 10.3. The van der Waals surface area contributed by atoms with Gasteiger partial charge in [-0.05, 0) is 38.1 Å². The highest BCUT2D eigenvalue weighted by Gasteiger charge is 2.20. The first-order chi connectivity index (χ1) is 10.6. The molecule has 2 rings (SSSR count). The smallest absolute Gasteiger partial charge is 0.355 e. The van der Waals surface area contributed by atoms with Gasteiger partial charge >= 0.3 is 5.97 Å². The van der Waals surface area contributed by atoms with Gasteiger partial charge in [0.05, 0.1) is 12.3 Å². The van der Waals surface area contributed by atoms with E-state index in [0.717, 1.165) is 0 Å². The van der Waals surface area contributed by atoms with Crippen LogP contribution in [0.5, 0.6) is 5.75 Å². The van der Waals surface area contributed by atoms with Gasteiger partial charge in [-0.3, -0.25) is 4.79 Å². The van der Waals surface area contributed by atoms with Crippen LogP contribution in [0.15, 0.2) is 42.6 Å². The van der Waals surface area contributed by atoms with E-state index in [1.165, 1.54) is 6.92 Å². The summed E-state index contributed by atoms with van der Waals surface area (Å²) in [6.07, 6.45) is 0.685. The number of ether oxygens (including phenoxy) is 2. The molecule has 6 nitrogen and oxygen atoms in total. The van der Waals surface area contributed by atoms with Crippen LogP contribution >= 0.6 is 0 Å². The first-order valence-electron chi connectivity index (χ1n) is 6.99. The maximum Gasteiger partial charge on any atom is 0.355 e. The molecule has 0 saturated heterocycles. The lowest BCUT2D eigenvalue weighted by molar-refractivity contribution is -0.123. The molecular formula is C16H18N2O4. The van der Waals surface area contributed by atoms with Crippen LogP contribution in [0.3, 0.4) is 0 Å². The number of carbonyl (C=O) groups excluding carboxylic acids is 2. The maximum atomic E-state index is 12.1. The molecule has 0 aliphatic heterocycles. The molecule has 1 atom stereocenters. The summed E-state index contributed by atoms with van der Waals surface area (Å²) < 4.78 is 10.5. The van der Waals surface area contributed by atoms with Crippen molar-refractivity contribution in [2.24, 2.45) is 0 Å². The van der Waals surface area contributed by atoms with Gasteiger partial charge in [0.15, 0.2) is 6.10 Å². The molecule has 0 aliphatic rings. The molecule has 2 N–H and O–H groups in total. The van der Waals surface area contributed by atoms with Crippen molar-refractivity contribution in [1.82, 2.24) is 4.98 Å². The lowest BCUT2D eigenvalue weighted by Crippen LogP contribution is -2.30. The number of anilines is 1. The monoisotopic (exact) mass is 302 g/mol. The summed E-state index contributed by atoms with van der Waals surface area (Å²) in [5, 5.41) is 2.69. The molecule has 22 heavy (non-hydrogen) atoms. The van der Waals surface area contributed by atoms with Crippen molar-refractivity contribution in [3.8, 4) is 5.75 Å². The molecule has 0 radical (unpaired) electrons. The number of carbonyl (C=O) groups is 2. The molecule has 116 valence electrons. The highest BCUT2D eigenvalue weighted by atomic mass is 16.5. The van der Waals surface area contributed by atoms with Crippen LogP contribution in [-0.2, 0) is 9.53 Å². The van der Waals surface area contributed by atoms with Gasteiger partial charge in [-0.15, -0.1) is 0 Å². The number of hydrogen-bond donors (Lipinski definition) is 2. The highest BCUT2D eigenvalue weighted by Crippen LogP contribution is 2.23. The van der Waals surface area contributed by atoms with Gasteiger partial charge < -0.3 is 19.8 Å². The first kappa shape index (κ1) is 15.6. The number of H-pyrrole nitrogens is 1. The van der Waals surface area contributed by atoms with Crippen molar-refractivity contribution < 1.29 is 19.1 Å². The average molecular weight is 302 g/mol. The molecular weight excluding hydrogens is 284 g/mol. The molecule has 0 spiro atoms. The Bertz CT molecular complexity index is 637. The molecule has 0 fully saturated rings. The second-order valence-corrected chi connectivity index (χ2v) is 4.55. The molecule has 1 aromatic carbocycles. The molecule has 1 amide bonds. The summed E-state index contributed by atoms with van der Waals surface area (Å²) in [7, 11) is 0. The van der Waals surface area contributed by atoms with Crippen LogP contribution in [0.1, 0.15) is 24.3 Å². The van der Waals surface area contributed by atoms with Crippen LogP contribution < -0.4 is 10.1 Å². The van der Waals surface area contributed by atoms with E-state index in [-0.39, 0.29) is 0 Å². The van der Waals surface area contributed by atoms with E-state index in [0.29, 0.717) is 23.7 Å². The third-order valence-electron chi connectivity index (χ3n) is 2.92. The number of hydrogen-bond acceptors (Lipinski definition) is 4. The average Bonchev–Trinajstić information content (AvgIpc) is 3.03. The minimum absolute atomic E-state index is 0.300. The van der Waals surface area contributed by atoms with Crippen LogP contribution in [0.2, 0.25) is 0 Å².